The molecular weight excluding hydrogens is 397 g/mol. The Balaban J connectivity index is 1.50. The van der Waals surface area contributed by atoms with Crippen molar-refractivity contribution in [2.45, 2.75) is 20.8 Å². The maximum Gasteiger partial charge on any atom is 0.256 e. The average molecular weight is 423 g/mol. The molecule has 3 heterocycles. The van der Waals surface area contributed by atoms with E-state index in [-0.39, 0.29) is 5.56 Å². The van der Waals surface area contributed by atoms with Gasteiger partial charge in [-0.2, -0.15) is 0 Å². The molecule has 0 aliphatic carbocycles. The molecule has 0 radical (unpaired) electrons. The van der Waals surface area contributed by atoms with Gasteiger partial charge in [-0.3, -0.25) is 4.79 Å². The standard InChI is InChI=1S/C22H26FN7O/c1-14-11-15(2)25-22(24-14)30-16(3)12-20(27-30)26-21(31)17-5-6-19(18(23)13-17)29-9-7-28(4)8-10-29/h5-6,11-13H,7-10H2,1-4H3,(H,26,27,31). The van der Waals surface area contributed by atoms with Gasteiger partial charge in [-0.15, -0.1) is 5.10 Å². The normalized spacial score (nSPS) is 14.7. The number of benzene rings is 1. The molecule has 0 spiro atoms. The molecule has 0 atom stereocenters. The minimum Gasteiger partial charge on any atom is -0.367 e. The Morgan fingerprint density at radius 2 is 1.68 bits per heavy atom. The Morgan fingerprint density at radius 3 is 2.32 bits per heavy atom. The van der Waals surface area contributed by atoms with E-state index in [1.165, 1.54) is 6.07 Å². The molecule has 1 amide bonds. The fourth-order valence-electron chi connectivity index (χ4n) is 3.68. The van der Waals surface area contributed by atoms with Gasteiger partial charge in [0.05, 0.1) is 5.69 Å². The first kappa shape index (κ1) is 20.9. The number of nitrogens with zero attached hydrogens (tertiary/aromatic N) is 6. The van der Waals surface area contributed by atoms with E-state index in [0.29, 0.717) is 17.5 Å². The van der Waals surface area contributed by atoms with Crippen molar-refractivity contribution in [2.24, 2.45) is 0 Å². The second kappa shape index (κ2) is 8.43. The highest BCUT2D eigenvalue weighted by molar-refractivity contribution is 6.04. The fourth-order valence-corrected chi connectivity index (χ4v) is 3.68. The topological polar surface area (TPSA) is 79.2 Å². The first-order chi connectivity index (χ1) is 14.8. The van der Waals surface area contributed by atoms with E-state index in [4.69, 9.17) is 0 Å². The van der Waals surface area contributed by atoms with Gasteiger partial charge in [0.1, 0.15) is 5.82 Å². The third-order valence-corrected chi connectivity index (χ3v) is 5.34. The van der Waals surface area contributed by atoms with Crippen molar-refractivity contribution >= 4 is 17.4 Å². The predicted octanol–water partition coefficient (Wildman–Crippen LogP) is 2.73. The molecule has 1 saturated heterocycles. The quantitative estimate of drug-likeness (QED) is 0.695. The number of aryl methyl sites for hydroxylation is 3. The Bertz CT molecular complexity index is 1100. The summed E-state index contributed by atoms with van der Waals surface area (Å²) < 4.78 is 16.3. The zero-order valence-corrected chi connectivity index (χ0v) is 18.2. The second-order valence-electron chi connectivity index (χ2n) is 7.94. The Labute approximate surface area is 180 Å². The molecule has 1 aliphatic rings. The molecule has 2 aromatic heterocycles. The van der Waals surface area contributed by atoms with Gasteiger partial charge in [-0.05, 0) is 52.1 Å². The number of nitrogens with one attached hydrogen (secondary N) is 1. The number of piperazine rings is 1. The Hall–Kier alpha value is -3.33. The first-order valence-electron chi connectivity index (χ1n) is 10.2. The SMILES string of the molecule is Cc1cc(C)nc(-n2nc(NC(=O)c3ccc(N4CCN(C)CC4)c(F)c3)cc2C)n1. The summed E-state index contributed by atoms with van der Waals surface area (Å²) in [6.45, 7) is 8.92. The molecule has 9 heteroatoms. The van der Waals surface area contributed by atoms with Gasteiger partial charge in [0.2, 0.25) is 0 Å². The van der Waals surface area contributed by atoms with Gasteiger partial charge in [-0.25, -0.2) is 19.0 Å². The van der Waals surface area contributed by atoms with Crippen LogP contribution in [0.2, 0.25) is 0 Å². The summed E-state index contributed by atoms with van der Waals surface area (Å²) in [7, 11) is 2.05. The average Bonchev–Trinajstić information content (AvgIpc) is 3.08. The summed E-state index contributed by atoms with van der Waals surface area (Å²) in [6, 6.07) is 8.20. The minimum absolute atomic E-state index is 0.241. The smallest absolute Gasteiger partial charge is 0.256 e. The van der Waals surface area contributed by atoms with Crippen LogP contribution in [0.5, 0.6) is 0 Å². The molecule has 1 N–H and O–H groups in total. The summed E-state index contributed by atoms with van der Waals surface area (Å²) in [6.07, 6.45) is 0. The lowest BCUT2D eigenvalue weighted by atomic mass is 10.1. The van der Waals surface area contributed by atoms with Crippen LogP contribution in [0.4, 0.5) is 15.9 Å². The Morgan fingerprint density at radius 1 is 1.00 bits per heavy atom. The highest BCUT2D eigenvalue weighted by atomic mass is 19.1. The zero-order valence-electron chi connectivity index (χ0n) is 18.2. The molecule has 0 bridgehead atoms. The van der Waals surface area contributed by atoms with Gasteiger partial charge in [-0.1, -0.05) is 0 Å². The maximum atomic E-state index is 14.7. The first-order valence-corrected chi connectivity index (χ1v) is 10.2. The monoisotopic (exact) mass is 423 g/mol. The number of rotatable bonds is 4. The van der Waals surface area contributed by atoms with Crippen LogP contribution in [0.1, 0.15) is 27.4 Å². The van der Waals surface area contributed by atoms with E-state index in [9.17, 15) is 9.18 Å². The predicted molar refractivity (Wildman–Crippen MR) is 117 cm³/mol. The molecule has 4 rings (SSSR count). The molecule has 1 aromatic carbocycles. The van der Waals surface area contributed by atoms with Crippen molar-refractivity contribution in [2.75, 3.05) is 43.4 Å². The highest BCUT2D eigenvalue weighted by Gasteiger charge is 2.19. The van der Waals surface area contributed by atoms with Gasteiger partial charge < -0.3 is 15.1 Å². The van der Waals surface area contributed by atoms with Crippen molar-refractivity contribution in [1.29, 1.82) is 0 Å². The van der Waals surface area contributed by atoms with E-state index in [1.54, 1.807) is 22.9 Å². The number of anilines is 2. The zero-order chi connectivity index (χ0) is 22.1. The van der Waals surface area contributed by atoms with Crippen molar-refractivity contribution < 1.29 is 9.18 Å². The number of carbonyl (C=O) groups excluding carboxylic acids is 1. The van der Waals surface area contributed by atoms with Crippen molar-refractivity contribution in [3.05, 3.63) is 58.8 Å². The molecule has 162 valence electrons. The van der Waals surface area contributed by atoms with E-state index in [0.717, 1.165) is 43.3 Å². The van der Waals surface area contributed by atoms with Gasteiger partial charge in [0.25, 0.3) is 11.9 Å². The largest absolute Gasteiger partial charge is 0.367 e. The Kier molecular flexibility index (Phi) is 5.69. The van der Waals surface area contributed by atoms with Gasteiger partial charge >= 0.3 is 0 Å². The lowest BCUT2D eigenvalue weighted by molar-refractivity contribution is 0.102. The molecular formula is C22H26FN7O. The van der Waals surface area contributed by atoms with Crippen LogP contribution >= 0.6 is 0 Å². The van der Waals surface area contributed by atoms with Crippen LogP contribution in [0.15, 0.2) is 30.3 Å². The third kappa shape index (κ3) is 4.56. The van der Waals surface area contributed by atoms with E-state index < -0.39 is 11.7 Å². The third-order valence-electron chi connectivity index (χ3n) is 5.34. The van der Waals surface area contributed by atoms with Crippen molar-refractivity contribution in [1.82, 2.24) is 24.6 Å². The summed E-state index contributed by atoms with van der Waals surface area (Å²) in [5.74, 6) is -0.0238. The van der Waals surface area contributed by atoms with Crippen LogP contribution in [0, 0.1) is 26.6 Å². The van der Waals surface area contributed by atoms with Crippen LogP contribution < -0.4 is 10.2 Å². The number of likely N-dealkylation sites (N-methyl/N-ethyl adjacent to an activating group) is 1. The molecule has 0 unspecified atom stereocenters. The van der Waals surface area contributed by atoms with Crippen LogP contribution in [-0.2, 0) is 0 Å². The van der Waals surface area contributed by atoms with Crippen LogP contribution in [-0.4, -0.2) is 63.8 Å². The number of hydrogen-bond acceptors (Lipinski definition) is 6. The summed E-state index contributed by atoms with van der Waals surface area (Å²) in [4.78, 5) is 25.7. The van der Waals surface area contributed by atoms with Crippen molar-refractivity contribution in [3.8, 4) is 5.95 Å². The maximum absolute atomic E-state index is 14.7. The number of carbonyl (C=O) groups is 1. The summed E-state index contributed by atoms with van der Waals surface area (Å²) >= 11 is 0. The number of hydrogen-bond donors (Lipinski definition) is 1. The molecule has 1 fully saturated rings. The molecule has 0 saturated carbocycles. The van der Waals surface area contributed by atoms with Crippen molar-refractivity contribution in [3.63, 3.8) is 0 Å². The number of halogens is 1. The molecule has 31 heavy (non-hydrogen) atoms. The summed E-state index contributed by atoms with van der Waals surface area (Å²) in [5.41, 5.74) is 3.21. The molecule has 3 aromatic rings. The van der Waals surface area contributed by atoms with E-state index in [2.05, 4.69) is 32.3 Å². The van der Waals surface area contributed by atoms with Crippen LogP contribution in [0.3, 0.4) is 0 Å². The number of aromatic nitrogens is 4. The second-order valence-corrected chi connectivity index (χ2v) is 7.94. The molecule has 1 aliphatic heterocycles. The van der Waals surface area contributed by atoms with E-state index >= 15 is 0 Å². The van der Waals surface area contributed by atoms with Gasteiger partial charge in [0.15, 0.2) is 5.82 Å². The number of amides is 1. The lowest BCUT2D eigenvalue weighted by Gasteiger charge is -2.34. The lowest BCUT2D eigenvalue weighted by Crippen LogP contribution is -2.44. The highest BCUT2D eigenvalue weighted by Crippen LogP contribution is 2.22. The fraction of sp³-hybridized carbons (Fsp3) is 0.364. The minimum atomic E-state index is -0.421. The summed E-state index contributed by atoms with van der Waals surface area (Å²) in [5, 5.41) is 7.14. The molecule has 8 nitrogen and oxygen atoms in total. The van der Waals surface area contributed by atoms with Gasteiger partial charge in [0, 0.05) is 54.9 Å². The van der Waals surface area contributed by atoms with Crippen LogP contribution in [0.25, 0.3) is 5.95 Å². The van der Waals surface area contributed by atoms with E-state index in [1.807, 2.05) is 31.7 Å².